The molecular weight excluding hydrogens is 104 g/mol. The van der Waals surface area contributed by atoms with Crippen LogP contribution in [0.25, 0.3) is 0 Å². The maximum atomic E-state index is 8.27. The maximum absolute atomic E-state index is 8.27. The first-order valence-corrected chi connectivity index (χ1v) is 2.52. The third-order valence-electron chi connectivity index (χ3n) is 0.636. The normalized spacial score (nSPS) is 10.4. The highest BCUT2D eigenvalue weighted by Gasteiger charge is 1.74. The standard InChI is InChI=1S/C5H12N2O/c1-7(6)4-2-3-5-8/h2,4,8H,3,5-6H2,1H3/b4-2-. The van der Waals surface area contributed by atoms with Gasteiger partial charge in [0, 0.05) is 19.9 Å². The summed E-state index contributed by atoms with van der Waals surface area (Å²) in [5, 5.41) is 9.71. The number of hydrogen-bond donors (Lipinski definition) is 2. The van der Waals surface area contributed by atoms with Gasteiger partial charge >= 0.3 is 0 Å². The van der Waals surface area contributed by atoms with Gasteiger partial charge in [-0.1, -0.05) is 6.08 Å². The van der Waals surface area contributed by atoms with Crippen LogP contribution < -0.4 is 5.84 Å². The zero-order chi connectivity index (χ0) is 6.41. The molecule has 0 aliphatic carbocycles. The average Bonchev–Trinajstić information content (AvgIpc) is 1.66. The Kier molecular flexibility index (Phi) is 4.30. The van der Waals surface area contributed by atoms with Crippen molar-refractivity contribution in [3.05, 3.63) is 12.3 Å². The lowest BCUT2D eigenvalue weighted by molar-refractivity contribution is 0.302. The van der Waals surface area contributed by atoms with Crippen molar-refractivity contribution in [2.45, 2.75) is 6.42 Å². The molecule has 0 fully saturated rings. The molecule has 3 N–H and O–H groups in total. The maximum Gasteiger partial charge on any atom is 0.0466 e. The van der Waals surface area contributed by atoms with E-state index in [1.54, 1.807) is 19.3 Å². The van der Waals surface area contributed by atoms with Gasteiger partial charge < -0.3 is 10.1 Å². The van der Waals surface area contributed by atoms with E-state index in [-0.39, 0.29) is 6.61 Å². The minimum atomic E-state index is 0.185. The van der Waals surface area contributed by atoms with E-state index < -0.39 is 0 Å². The van der Waals surface area contributed by atoms with Crippen molar-refractivity contribution in [1.82, 2.24) is 5.01 Å². The second-order valence-corrected chi connectivity index (χ2v) is 1.56. The molecular formula is C5H12N2O. The first kappa shape index (κ1) is 7.46. The van der Waals surface area contributed by atoms with Crippen molar-refractivity contribution >= 4 is 0 Å². The summed E-state index contributed by atoms with van der Waals surface area (Å²) in [6.07, 6.45) is 4.18. The van der Waals surface area contributed by atoms with E-state index in [9.17, 15) is 0 Å². The molecule has 0 aromatic carbocycles. The molecule has 0 aromatic rings. The summed E-state index contributed by atoms with van der Waals surface area (Å²) in [4.78, 5) is 0. The summed E-state index contributed by atoms with van der Waals surface area (Å²) >= 11 is 0. The molecule has 0 aromatic heterocycles. The highest BCUT2D eigenvalue weighted by atomic mass is 16.2. The second-order valence-electron chi connectivity index (χ2n) is 1.56. The van der Waals surface area contributed by atoms with Gasteiger partial charge in [0.2, 0.25) is 0 Å². The van der Waals surface area contributed by atoms with Crippen LogP contribution in [-0.4, -0.2) is 23.8 Å². The molecule has 0 saturated carbocycles. The number of aliphatic hydroxyl groups excluding tert-OH is 1. The third kappa shape index (κ3) is 5.46. The van der Waals surface area contributed by atoms with Crippen molar-refractivity contribution in [2.24, 2.45) is 5.84 Å². The molecule has 0 saturated heterocycles. The smallest absolute Gasteiger partial charge is 0.0466 e. The Morgan fingerprint density at radius 1 is 1.75 bits per heavy atom. The van der Waals surface area contributed by atoms with Gasteiger partial charge in [0.15, 0.2) is 0 Å². The molecule has 8 heavy (non-hydrogen) atoms. The van der Waals surface area contributed by atoms with Gasteiger partial charge in [0.25, 0.3) is 0 Å². The molecule has 3 nitrogen and oxygen atoms in total. The molecule has 0 spiro atoms. The van der Waals surface area contributed by atoms with Crippen molar-refractivity contribution in [2.75, 3.05) is 13.7 Å². The Hall–Kier alpha value is -0.540. The molecule has 0 bridgehead atoms. The van der Waals surface area contributed by atoms with Crippen molar-refractivity contribution in [1.29, 1.82) is 0 Å². The van der Waals surface area contributed by atoms with Gasteiger partial charge in [-0.25, -0.2) is 5.84 Å². The van der Waals surface area contributed by atoms with Gasteiger partial charge in [-0.2, -0.15) is 0 Å². The zero-order valence-corrected chi connectivity index (χ0v) is 5.04. The summed E-state index contributed by atoms with van der Waals surface area (Å²) < 4.78 is 0. The van der Waals surface area contributed by atoms with Gasteiger partial charge in [-0.3, -0.25) is 0 Å². The van der Waals surface area contributed by atoms with E-state index in [4.69, 9.17) is 10.9 Å². The van der Waals surface area contributed by atoms with E-state index >= 15 is 0 Å². The van der Waals surface area contributed by atoms with E-state index in [0.29, 0.717) is 6.42 Å². The predicted octanol–water partition coefficient (Wildman–Crippen LogP) is -0.312. The molecule has 0 amide bonds. The topological polar surface area (TPSA) is 49.5 Å². The Labute approximate surface area is 49.4 Å². The number of rotatable bonds is 3. The van der Waals surface area contributed by atoms with Crippen LogP contribution in [0.3, 0.4) is 0 Å². The van der Waals surface area contributed by atoms with Crippen LogP contribution in [0.2, 0.25) is 0 Å². The lowest BCUT2D eigenvalue weighted by Gasteiger charge is -2.01. The van der Waals surface area contributed by atoms with E-state index in [2.05, 4.69) is 0 Å². The van der Waals surface area contributed by atoms with Crippen molar-refractivity contribution < 1.29 is 5.11 Å². The predicted molar refractivity (Wildman–Crippen MR) is 32.8 cm³/mol. The van der Waals surface area contributed by atoms with E-state index in [0.717, 1.165) is 0 Å². The molecule has 0 heterocycles. The fraction of sp³-hybridized carbons (Fsp3) is 0.600. The quantitative estimate of drug-likeness (QED) is 0.393. The highest BCUT2D eigenvalue weighted by molar-refractivity contribution is 4.77. The van der Waals surface area contributed by atoms with E-state index in [1.807, 2.05) is 0 Å². The number of aliphatic hydroxyl groups is 1. The Morgan fingerprint density at radius 3 is 2.75 bits per heavy atom. The fourth-order valence-electron chi connectivity index (χ4n) is 0.315. The first-order chi connectivity index (χ1) is 3.77. The average molecular weight is 116 g/mol. The van der Waals surface area contributed by atoms with Crippen LogP contribution in [-0.2, 0) is 0 Å². The molecule has 0 atom stereocenters. The van der Waals surface area contributed by atoms with Crippen LogP contribution in [0, 0.1) is 0 Å². The van der Waals surface area contributed by atoms with Crippen molar-refractivity contribution in [3.63, 3.8) is 0 Å². The first-order valence-electron chi connectivity index (χ1n) is 2.52. The largest absolute Gasteiger partial charge is 0.396 e. The minimum absolute atomic E-state index is 0.185. The molecule has 0 aliphatic rings. The van der Waals surface area contributed by atoms with Gasteiger partial charge in [0.05, 0.1) is 0 Å². The Balaban J connectivity index is 3.07. The summed E-state index contributed by atoms with van der Waals surface area (Å²) in [6, 6.07) is 0. The molecule has 0 radical (unpaired) electrons. The summed E-state index contributed by atoms with van der Waals surface area (Å²) in [7, 11) is 1.73. The fourth-order valence-corrected chi connectivity index (χ4v) is 0.315. The SMILES string of the molecule is CN(N)/C=C\CCO. The number of hydrogen-bond acceptors (Lipinski definition) is 3. The van der Waals surface area contributed by atoms with E-state index in [1.165, 1.54) is 5.01 Å². The van der Waals surface area contributed by atoms with Crippen LogP contribution in [0.4, 0.5) is 0 Å². The third-order valence-corrected chi connectivity index (χ3v) is 0.636. The molecule has 0 rings (SSSR count). The summed E-state index contributed by atoms with van der Waals surface area (Å²) in [5.74, 6) is 5.20. The summed E-state index contributed by atoms with van der Waals surface area (Å²) in [6.45, 7) is 0.185. The summed E-state index contributed by atoms with van der Waals surface area (Å²) in [5.41, 5.74) is 0. The lowest BCUT2D eigenvalue weighted by atomic mass is 10.4. The van der Waals surface area contributed by atoms with Gasteiger partial charge in [-0.15, -0.1) is 0 Å². The molecule has 3 heteroatoms. The van der Waals surface area contributed by atoms with Crippen LogP contribution >= 0.6 is 0 Å². The van der Waals surface area contributed by atoms with Crippen molar-refractivity contribution in [3.8, 4) is 0 Å². The lowest BCUT2D eigenvalue weighted by Crippen LogP contribution is -2.18. The number of nitrogens with zero attached hydrogens (tertiary/aromatic N) is 1. The van der Waals surface area contributed by atoms with Crippen LogP contribution in [0.15, 0.2) is 12.3 Å². The monoisotopic (exact) mass is 116 g/mol. The Morgan fingerprint density at radius 2 is 2.38 bits per heavy atom. The molecule has 48 valence electrons. The minimum Gasteiger partial charge on any atom is -0.396 e. The molecule has 0 aliphatic heterocycles. The van der Waals surface area contributed by atoms with Gasteiger partial charge in [0.1, 0.15) is 0 Å². The highest BCUT2D eigenvalue weighted by Crippen LogP contribution is 1.79. The van der Waals surface area contributed by atoms with Gasteiger partial charge in [-0.05, 0) is 6.42 Å². The number of hydrazine groups is 1. The number of nitrogens with two attached hydrogens (primary N) is 1. The Bertz CT molecular complexity index is 70.8. The van der Waals surface area contributed by atoms with Crippen LogP contribution in [0.1, 0.15) is 6.42 Å². The zero-order valence-electron chi connectivity index (χ0n) is 5.04. The molecule has 0 unspecified atom stereocenters. The second kappa shape index (κ2) is 4.61. The van der Waals surface area contributed by atoms with Crippen LogP contribution in [0.5, 0.6) is 0 Å².